The minimum Gasteiger partial charge on any atom is -0.339 e. The van der Waals surface area contributed by atoms with Gasteiger partial charge in [-0.05, 0) is 6.07 Å². The van der Waals surface area contributed by atoms with Crippen LogP contribution < -0.4 is 5.56 Å². The zero-order valence-corrected chi connectivity index (χ0v) is 13.9. The van der Waals surface area contributed by atoms with E-state index in [2.05, 4.69) is 15.2 Å². The Morgan fingerprint density at radius 2 is 1.54 bits per heavy atom. The lowest BCUT2D eigenvalue weighted by atomic mass is 10.1. The van der Waals surface area contributed by atoms with Crippen molar-refractivity contribution in [2.45, 2.75) is 13.0 Å². The Labute approximate surface area is 149 Å². The van der Waals surface area contributed by atoms with Crippen LogP contribution in [0.2, 0.25) is 0 Å². The number of hydrogen-bond acceptors (Lipinski definition) is 5. The third-order valence-electron chi connectivity index (χ3n) is 3.97. The lowest BCUT2D eigenvalue weighted by molar-refractivity contribution is 0.368. The third-order valence-corrected chi connectivity index (χ3v) is 3.97. The van der Waals surface area contributed by atoms with Crippen molar-refractivity contribution in [1.29, 1.82) is 0 Å². The molecule has 26 heavy (non-hydrogen) atoms. The van der Waals surface area contributed by atoms with Gasteiger partial charge >= 0.3 is 0 Å². The maximum atomic E-state index is 12.1. The standard InChI is InChI=1S/C20H16N4O2/c25-19-12-11-17(15-7-3-1-4-8-15)22-24(19)14-13-18-21-20(23-26-18)16-9-5-2-6-10-16/h1-12H,13-14H2. The van der Waals surface area contributed by atoms with E-state index in [9.17, 15) is 4.79 Å². The molecule has 0 unspecified atom stereocenters. The molecule has 0 aliphatic carbocycles. The predicted molar refractivity (Wildman–Crippen MR) is 97.4 cm³/mol. The van der Waals surface area contributed by atoms with Crippen molar-refractivity contribution in [3.8, 4) is 22.6 Å². The van der Waals surface area contributed by atoms with E-state index in [1.807, 2.05) is 60.7 Å². The normalized spacial score (nSPS) is 10.8. The highest BCUT2D eigenvalue weighted by molar-refractivity contribution is 5.57. The molecule has 4 rings (SSSR count). The Balaban J connectivity index is 1.52. The van der Waals surface area contributed by atoms with Crippen LogP contribution in [0.3, 0.4) is 0 Å². The van der Waals surface area contributed by atoms with Gasteiger partial charge in [-0.3, -0.25) is 4.79 Å². The molecule has 6 nitrogen and oxygen atoms in total. The molecule has 0 N–H and O–H groups in total. The Morgan fingerprint density at radius 3 is 2.27 bits per heavy atom. The van der Waals surface area contributed by atoms with Gasteiger partial charge in [0, 0.05) is 23.6 Å². The van der Waals surface area contributed by atoms with E-state index >= 15 is 0 Å². The summed E-state index contributed by atoms with van der Waals surface area (Å²) in [5.41, 5.74) is 2.45. The molecular weight excluding hydrogens is 328 g/mol. The largest absolute Gasteiger partial charge is 0.339 e. The number of rotatable bonds is 5. The van der Waals surface area contributed by atoms with E-state index in [1.165, 1.54) is 10.7 Å². The van der Waals surface area contributed by atoms with Crippen molar-refractivity contribution in [1.82, 2.24) is 19.9 Å². The zero-order valence-electron chi connectivity index (χ0n) is 13.9. The van der Waals surface area contributed by atoms with Crippen LogP contribution in [0.4, 0.5) is 0 Å². The minimum atomic E-state index is -0.160. The van der Waals surface area contributed by atoms with Crippen LogP contribution in [0.15, 0.2) is 82.1 Å². The van der Waals surface area contributed by atoms with Crippen LogP contribution in [0.5, 0.6) is 0 Å². The predicted octanol–water partition coefficient (Wildman–Crippen LogP) is 3.20. The van der Waals surface area contributed by atoms with Crippen LogP contribution in [0, 0.1) is 0 Å². The highest BCUT2D eigenvalue weighted by atomic mass is 16.5. The number of hydrogen-bond donors (Lipinski definition) is 0. The second kappa shape index (κ2) is 7.14. The third kappa shape index (κ3) is 3.44. The Kier molecular flexibility index (Phi) is 4.38. The van der Waals surface area contributed by atoms with Crippen LogP contribution in [-0.4, -0.2) is 19.9 Å². The maximum absolute atomic E-state index is 12.1. The molecule has 0 saturated carbocycles. The SMILES string of the molecule is O=c1ccc(-c2ccccc2)nn1CCc1nc(-c2ccccc2)no1. The summed E-state index contributed by atoms with van der Waals surface area (Å²) >= 11 is 0. The Hall–Kier alpha value is -3.54. The van der Waals surface area contributed by atoms with Crippen LogP contribution in [0.25, 0.3) is 22.6 Å². The van der Waals surface area contributed by atoms with Gasteiger partial charge in [0.1, 0.15) is 0 Å². The van der Waals surface area contributed by atoms with Crippen LogP contribution in [-0.2, 0) is 13.0 Å². The lowest BCUT2D eigenvalue weighted by Crippen LogP contribution is -2.23. The quantitative estimate of drug-likeness (QED) is 0.556. The van der Waals surface area contributed by atoms with E-state index < -0.39 is 0 Å². The summed E-state index contributed by atoms with van der Waals surface area (Å²) in [6, 6.07) is 22.6. The van der Waals surface area contributed by atoms with Gasteiger partial charge in [-0.2, -0.15) is 10.1 Å². The second-order valence-electron chi connectivity index (χ2n) is 5.77. The van der Waals surface area contributed by atoms with E-state index in [0.29, 0.717) is 24.7 Å². The smallest absolute Gasteiger partial charge is 0.266 e. The van der Waals surface area contributed by atoms with E-state index in [-0.39, 0.29) is 5.56 Å². The second-order valence-corrected chi connectivity index (χ2v) is 5.77. The first-order valence-corrected chi connectivity index (χ1v) is 8.31. The van der Waals surface area contributed by atoms with Crippen molar-refractivity contribution < 1.29 is 4.52 Å². The van der Waals surface area contributed by atoms with Gasteiger partial charge in [-0.1, -0.05) is 65.8 Å². The fourth-order valence-corrected chi connectivity index (χ4v) is 2.63. The molecule has 2 aromatic heterocycles. The molecule has 0 atom stereocenters. The van der Waals surface area contributed by atoms with Crippen molar-refractivity contribution in [3.63, 3.8) is 0 Å². The summed E-state index contributed by atoms with van der Waals surface area (Å²) in [6.45, 7) is 0.371. The van der Waals surface area contributed by atoms with Crippen LogP contribution in [0.1, 0.15) is 5.89 Å². The first-order valence-electron chi connectivity index (χ1n) is 8.31. The molecule has 0 radical (unpaired) electrons. The number of benzene rings is 2. The molecule has 2 aromatic carbocycles. The van der Waals surface area contributed by atoms with Crippen molar-refractivity contribution in [3.05, 3.63) is 89.0 Å². The van der Waals surface area contributed by atoms with Crippen LogP contribution >= 0.6 is 0 Å². The molecule has 2 heterocycles. The lowest BCUT2D eigenvalue weighted by Gasteiger charge is -2.05. The summed E-state index contributed by atoms with van der Waals surface area (Å²) in [7, 11) is 0. The highest BCUT2D eigenvalue weighted by Gasteiger charge is 2.10. The molecule has 0 spiro atoms. The topological polar surface area (TPSA) is 73.8 Å². The molecular formula is C20H16N4O2. The first-order chi connectivity index (χ1) is 12.8. The van der Waals surface area contributed by atoms with Gasteiger partial charge in [0.2, 0.25) is 11.7 Å². The Morgan fingerprint density at radius 1 is 0.846 bits per heavy atom. The van der Waals surface area contributed by atoms with Crippen molar-refractivity contribution in [2.75, 3.05) is 0 Å². The molecule has 6 heteroatoms. The summed E-state index contributed by atoms with van der Waals surface area (Å²) in [6.07, 6.45) is 0.435. The van der Waals surface area contributed by atoms with Gasteiger partial charge in [-0.25, -0.2) is 4.68 Å². The zero-order chi connectivity index (χ0) is 17.8. The number of aromatic nitrogens is 4. The molecule has 0 saturated heterocycles. The molecule has 0 aliphatic heterocycles. The average Bonchev–Trinajstić information content (AvgIpc) is 3.18. The van der Waals surface area contributed by atoms with E-state index in [0.717, 1.165) is 16.8 Å². The maximum Gasteiger partial charge on any atom is 0.266 e. The average molecular weight is 344 g/mol. The highest BCUT2D eigenvalue weighted by Crippen LogP contribution is 2.16. The molecule has 0 bridgehead atoms. The summed E-state index contributed by atoms with van der Waals surface area (Å²) in [5, 5.41) is 8.43. The van der Waals surface area contributed by atoms with E-state index in [4.69, 9.17) is 4.52 Å². The monoisotopic (exact) mass is 344 g/mol. The van der Waals surface area contributed by atoms with Gasteiger partial charge < -0.3 is 4.52 Å². The first kappa shape index (κ1) is 16.0. The van der Waals surface area contributed by atoms with Gasteiger partial charge in [-0.15, -0.1) is 0 Å². The number of aryl methyl sites for hydroxylation is 2. The van der Waals surface area contributed by atoms with Gasteiger partial charge in [0.25, 0.3) is 5.56 Å². The fourth-order valence-electron chi connectivity index (χ4n) is 2.63. The molecule has 0 amide bonds. The van der Waals surface area contributed by atoms with E-state index in [1.54, 1.807) is 6.07 Å². The van der Waals surface area contributed by atoms with Crippen molar-refractivity contribution in [2.24, 2.45) is 0 Å². The molecule has 0 fully saturated rings. The van der Waals surface area contributed by atoms with Gasteiger partial charge in [0.05, 0.1) is 12.2 Å². The van der Waals surface area contributed by atoms with Gasteiger partial charge in [0.15, 0.2) is 0 Å². The summed E-state index contributed by atoms with van der Waals surface area (Å²) < 4.78 is 6.72. The summed E-state index contributed by atoms with van der Waals surface area (Å²) in [5.74, 6) is 1.02. The molecule has 128 valence electrons. The van der Waals surface area contributed by atoms with Crippen molar-refractivity contribution >= 4 is 0 Å². The number of nitrogens with zero attached hydrogens (tertiary/aromatic N) is 4. The summed E-state index contributed by atoms with van der Waals surface area (Å²) in [4.78, 5) is 16.5. The fraction of sp³-hybridized carbons (Fsp3) is 0.100. The molecule has 4 aromatic rings. The molecule has 0 aliphatic rings. The Bertz CT molecular complexity index is 1060. The minimum absolute atomic E-state index is 0.160.